The van der Waals surface area contributed by atoms with Gasteiger partial charge in [0.25, 0.3) is 0 Å². The Morgan fingerprint density at radius 3 is 2.24 bits per heavy atom. The number of nitrogens with one attached hydrogen (secondary N) is 1. The van der Waals surface area contributed by atoms with Crippen LogP contribution < -0.4 is 11.1 Å². The van der Waals surface area contributed by atoms with Crippen LogP contribution in [0.3, 0.4) is 0 Å². The van der Waals surface area contributed by atoms with Gasteiger partial charge >= 0.3 is 0 Å². The summed E-state index contributed by atoms with van der Waals surface area (Å²) in [6.07, 6.45) is -0.147. The van der Waals surface area contributed by atoms with Crippen molar-refractivity contribution < 1.29 is 22.8 Å². The Balaban J connectivity index is 1.52. The SMILES string of the molecule is Cc1ccc(C)c(S(=O)(=O)N2CCN(C(=O)CCC(=O)NC(C(N)=O)c3ccccc3)CC2)c1. The third kappa shape index (κ3) is 6.00. The Morgan fingerprint density at radius 1 is 0.971 bits per heavy atom. The number of amides is 3. The van der Waals surface area contributed by atoms with Crippen molar-refractivity contribution in [3.05, 3.63) is 65.2 Å². The summed E-state index contributed by atoms with van der Waals surface area (Å²) in [4.78, 5) is 38.5. The highest BCUT2D eigenvalue weighted by Gasteiger charge is 2.31. The van der Waals surface area contributed by atoms with Crippen LogP contribution in [0.5, 0.6) is 0 Å². The fourth-order valence-electron chi connectivity index (χ4n) is 3.88. The Hall–Kier alpha value is -3.24. The molecule has 3 rings (SSSR count). The number of aryl methyl sites for hydroxylation is 2. The molecule has 1 heterocycles. The van der Waals surface area contributed by atoms with Crippen LogP contribution in [0, 0.1) is 13.8 Å². The maximum absolute atomic E-state index is 13.1. The normalized spacial score (nSPS) is 15.5. The molecular formula is C24H30N4O5S. The smallest absolute Gasteiger partial charge is 0.244 e. The molecule has 1 atom stereocenters. The number of nitrogens with zero attached hydrogens (tertiary/aromatic N) is 2. The first-order chi connectivity index (χ1) is 16.1. The number of rotatable bonds is 8. The van der Waals surface area contributed by atoms with Crippen molar-refractivity contribution in [1.29, 1.82) is 0 Å². The molecule has 0 spiro atoms. The predicted octanol–water partition coefficient (Wildman–Crippen LogP) is 1.26. The van der Waals surface area contributed by atoms with Gasteiger partial charge in [-0.1, -0.05) is 42.5 Å². The van der Waals surface area contributed by atoms with Gasteiger partial charge < -0.3 is 16.0 Å². The van der Waals surface area contributed by atoms with Gasteiger partial charge in [0.15, 0.2) is 0 Å². The maximum atomic E-state index is 13.1. The lowest BCUT2D eigenvalue weighted by Crippen LogP contribution is -2.50. The van der Waals surface area contributed by atoms with Gasteiger partial charge in [-0.3, -0.25) is 14.4 Å². The monoisotopic (exact) mass is 486 g/mol. The van der Waals surface area contributed by atoms with Crippen LogP contribution in [0.25, 0.3) is 0 Å². The molecule has 2 aromatic rings. The minimum absolute atomic E-state index is 0.0458. The van der Waals surface area contributed by atoms with E-state index in [1.54, 1.807) is 54.3 Å². The highest BCUT2D eigenvalue weighted by molar-refractivity contribution is 7.89. The van der Waals surface area contributed by atoms with Gasteiger partial charge in [-0.05, 0) is 36.6 Å². The second kappa shape index (κ2) is 10.8. The van der Waals surface area contributed by atoms with Crippen molar-refractivity contribution >= 4 is 27.7 Å². The topological polar surface area (TPSA) is 130 Å². The van der Waals surface area contributed by atoms with Crippen LogP contribution >= 0.6 is 0 Å². The fourth-order valence-corrected chi connectivity index (χ4v) is 5.61. The van der Waals surface area contributed by atoms with E-state index in [0.717, 1.165) is 5.56 Å². The largest absolute Gasteiger partial charge is 0.368 e. The number of hydrogen-bond donors (Lipinski definition) is 2. The first-order valence-electron chi connectivity index (χ1n) is 11.1. The summed E-state index contributed by atoms with van der Waals surface area (Å²) in [5, 5.41) is 2.57. The highest BCUT2D eigenvalue weighted by atomic mass is 32.2. The Bertz CT molecular complexity index is 1160. The second-order valence-corrected chi connectivity index (χ2v) is 10.3. The average Bonchev–Trinajstić information content (AvgIpc) is 2.82. The van der Waals surface area contributed by atoms with Crippen LogP contribution in [0.2, 0.25) is 0 Å². The molecule has 0 bridgehead atoms. The van der Waals surface area contributed by atoms with Gasteiger partial charge in [-0.25, -0.2) is 8.42 Å². The van der Waals surface area contributed by atoms with E-state index in [0.29, 0.717) is 11.1 Å². The van der Waals surface area contributed by atoms with Gasteiger partial charge in [0.1, 0.15) is 6.04 Å². The average molecular weight is 487 g/mol. The zero-order valence-corrected chi connectivity index (χ0v) is 20.2. The molecule has 3 amide bonds. The Morgan fingerprint density at radius 2 is 1.62 bits per heavy atom. The summed E-state index contributed by atoms with van der Waals surface area (Å²) in [5.41, 5.74) is 7.52. The predicted molar refractivity (Wildman–Crippen MR) is 127 cm³/mol. The summed E-state index contributed by atoms with van der Waals surface area (Å²) in [5.74, 6) is -1.39. The molecule has 1 saturated heterocycles. The third-order valence-electron chi connectivity index (χ3n) is 5.84. The van der Waals surface area contributed by atoms with Crippen molar-refractivity contribution in [2.24, 2.45) is 5.73 Å². The molecule has 0 aromatic heterocycles. The van der Waals surface area contributed by atoms with Gasteiger partial charge in [0, 0.05) is 39.0 Å². The van der Waals surface area contributed by atoms with E-state index in [2.05, 4.69) is 5.32 Å². The van der Waals surface area contributed by atoms with E-state index in [9.17, 15) is 22.8 Å². The molecule has 1 unspecified atom stereocenters. The first-order valence-corrected chi connectivity index (χ1v) is 12.5. The zero-order chi connectivity index (χ0) is 24.9. The van der Waals surface area contributed by atoms with Crippen molar-refractivity contribution in [1.82, 2.24) is 14.5 Å². The molecular weight excluding hydrogens is 456 g/mol. The van der Waals surface area contributed by atoms with Crippen molar-refractivity contribution in [3.8, 4) is 0 Å². The van der Waals surface area contributed by atoms with E-state index in [4.69, 9.17) is 5.73 Å². The number of benzene rings is 2. The highest BCUT2D eigenvalue weighted by Crippen LogP contribution is 2.22. The van der Waals surface area contributed by atoms with Crippen LogP contribution in [-0.4, -0.2) is 61.5 Å². The Kier molecular flexibility index (Phi) is 8.06. The van der Waals surface area contributed by atoms with E-state index < -0.39 is 27.9 Å². The molecule has 0 aliphatic carbocycles. The van der Waals surface area contributed by atoms with Crippen molar-refractivity contribution in [2.45, 2.75) is 37.6 Å². The molecule has 182 valence electrons. The molecule has 10 heteroatoms. The van der Waals surface area contributed by atoms with Crippen LogP contribution in [-0.2, 0) is 24.4 Å². The van der Waals surface area contributed by atoms with Gasteiger partial charge in [-0.2, -0.15) is 4.31 Å². The minimum Gasteiger partial charge on any atom is -0.368 e. The third-order valence-corrected chi connectivity index (χ3v) is 7.88. The van der Waals surface area contributed by atoms with Crippen LogP contribution in [0.4, 0.5) is 0 Å². The van der Waals surface area contributed by atoms with Gasteiger partial charge in [-0.15, -0.1) is 0 Å². The lowest BCUT2D eigenvalue weighted by molar-refractivity contribution is -0.135. The summed E-state index contributed by atoms with van der Waals surface area (Å²) in [7, 11) is -3.65. The number of sulfonamides is 1. The molecule has 2 aromatic carbocycles. The van der Waals surface area contributed by atoms with Crippen molar-refractivity contribution in [2.75, 3.05) is 26.2 Å². The zero-order valence-electron chi connectivity index (χ0n) is 19.4. The van der Waals surface area contributed by atoms with E-state index >= 15 is 0 Å². The standard InChI is InChI=1S/C24H30N4O5S/c1-17-8-9-18(2)20(16-17)34(32,33)28-14-12-27(13-15-28)22(30)11-10-21(29)26-23(24(25)31)19-6-4-3-5-7-19/h3-9,16,23H,10-15H2,1-2H3,(H2,25,31)(H,26,29). The van der Waals surface area contributed by atoms with E-state index in [1.807, 2.05) is 13.0 Å². The summed E-state index contributed by atoms with van der Waals surface area (Å²) in [6, 6.07) is 13.0. The van der Waals surface area contributed by atoms with Gasteiger partial charge in [0.2, 0.25) is 27.7 Å². The quantitative estimate of drug-likeness (QED) is 0.580. The molecule has 34 heavy (non-hydrogen) atoms. The summed E-state index contributed by atoms with van der Waals surface area (Å²) < 4.78 is 27.5. The van der Waals surface area contributed by atoms with E-state index in [-0.39, 0.29) is 49.8 Å². The molecule has 1 aliphatic rings. The van der Waals surface area contributed by atoms with Crippen molar-refractivity contribution in [3.63, 3.8) is 0 Å². The first kappa shape index (κ1) is 25.4. The van der Waals surface area contributed by atoms with E-state index in [1.165, 1.54) is 4.31 Å². The number of hydrogen-bond acceptors (Lipinski definition) is 5. The summed E-state index contributed by atoms with van der Waals surface area (Å²) >= 11 is 0. The molecule has 0 saturated carbocycles. The number of nitrogens with two attached hydrogens (primary N) is 1. The Labute approximate surface area is 200 Å². The number of piperazine rings is 1. The van der Waals surface area contributed by atoms with Crippen LogP contribution in [0.1, 0.15) is 35.6 Å². The maximum Gasteiger partial charge on any atom is 0.244 e. The molecule has 1 aliphatic heterocycles. The van der Waals surface area contributed by atoms with Crippen LogP contribution in [0.15, 0.2) is 53.4 Å². The number of primary amides is 1. The number of carbonyl (C=O) groups excluding carboxylic acids is 3. The summed E-state index contributed by atoms with van der Waals surface area (Å²) in [6.45, 7) is 4.47. The minimum atomic E-state index is -3.65. The molecule has 9 nitrogen and oxygen atoms in total. The second-order valence-electron chi connectivity index (χ2n) is 8.37. The van der Waals surface area contributed by atoms with Gasteiger partial charge in [0.05, 0.1) is 4.90 Å². The molecule has 1 fully saturated rings. The lowest BCUT2D eigenvalue weighted by Gasteiger charge is -2.34. The lowest BCUT2D eigenvalue weighted by atomic mass is 10.1. The molecule has 0 radical (unpaired) electrons. The number of carbonyl (C=O) groups is 3. The fraction of sp³-hybridized carbons (Fsp3) is 0.375. The molecule has 3 N–H and O–H groups in total.